The van der Waals surface area contributed by atoms with Gasteiger partial charge < -0.3 is 9.84 Å². The fourth-order valence-electron chi connectivity index (χ4n) is 2.00. The van der Waals surface area contributed by atoms with Crippen LogP contribution in [0, 0.1) is 0 Å². The van der Waals surface area contributed by atoms with Gasteiger partial charge in [0.15, 0.2) is 0 Å². The van der Waals surface area contributed by atoms with Gasteiger partial charge in [-0.25, -0.2) is 0 Å². The summed E-state index contributed by atoms with van der Waals surface area (Å²) in [6.07, 6.45) is 1.81. The molecule has 0 radical (unpaired) electrons. The van der Waals surface area contributed by atoms with Crippen molar-refractivity contribution in [2.24, 2.45) is 0 Å². The molecular formula is C13H23BrN2O2. The topological polar surface area (TPSA) is 47.3 Å². The largest absolute Gasteiger partial charge is 0.393 e. The Morgan fingerprint density at radius 3 is 2.61 bits per heavy atom. The SMILES string of the molecule is CCc1nn(CC)c(CC(O)CC(C)OC)c1Br. The molecule has 0 saturated heterocycles. The van der Waals surface area contributed by atoms with Crippen molar-refractivity contribution in [3.8, 4) is 0 Å². The van der Waals surface area contributed by atoms with Gasteiger partial charge in [0, 0.05) is 20.1 Å². The summed E-state index contributed by atoms with van der Waals surface area (Å²) < 4.78 is 8.18. The predicted octanol–water partition coefficient (Wildman–Crippen LogP) is 2.56. The summed E-state index contributed by atoms with van der Waals surface area (Å²) in [4.78, 5) is 0. The monoisotopic (exact) mass is 318 g/mol. The van der Waals surface area contributed by atoms with Crippen LogP contribution < -0.4 is 0 Å². The van der Waals surface area contributed by atoms with E-state index in [9.17, 15) is 5.11 Å². The second-order valence-corrected chi connectivity index (χ2v) is 5.31. The number of ether oxygens (including phenoxy) is 1. The molecule has 18 heavy (non-hydrogen) atoms. The van der Waals surface area contributed by atoms with Gasteiger partial charge in [0.25, 0.3) is 0 Å². The molecule has 0 bridgehead atoms. The number of halogens is 1. The molecular weight excluding hydrogens is 296 g/mol. The second kappa shape index (κ2) is 7.26. The van der Waals surface area contributed by atoms with Gasteiger partial charge in [-0.1, -0.05) is 6.92 Å². The molecule has 1 heterocycles. The van der Waals surface area contributed by atoms with E-state index >= 15 is 0 Å². The van der Waals surface area contributed by atoms with E-state index in [1.165, 1.54) is 0 Å². The molecule has 0 aliphatic heterocycles. The summed E-state index contributed by atoms with van der Waals surface area (Å²) in [5, 5.41) is 14.6. The number of rotatable bonds is 7. The highest BCUT2D eigenvalue weighted by molar-refractivity contribution is 9.10. The summed E-state index contributed by atoms with van der Waals surface area (Å²) in [6.45, 7) is 6.93. The molecule has 4 nitrogen and oxygen atoms in total. The lowest BCUT2D eigenvalue weighted by Crippen LogP contribution is -2.20. The predicted molar refractivity (Wildman–Crippen MR) is 75.8 cm³/mol. The number of aliphatic hydroxyl groups is 1. The van der Waals surface area contributed by atoms with Crippen molar-refractivity contribution in [2.75, 3.05) is 7.11 Å². The molecule has 0 aromatic carbocycles. The molecule has 1 aromatic heterocycles. The van der Waals surface area contributed by atoms with Gasteiger partial charge in [-0.3, -0.25) is 4.68 Å². The summed E-state index contributed by atoms with van der Waals surface area (Å²) in [5.74, 6) is 0. The van der Waals surface area contributed by atoms with Crippen LogP contribution >= 0.6 is 15.9 Å². The first-order valence-electron chi connectivity index (χ1n) is 6.48. The highest BCUT2D eigenvalue weighted by Crippen LogP contribution is 2.24. The van der Waals surface area contributed by atoms with Crippen molar-refractivity contribution in [3.05, 3.63) is 15.9 Å². The van der Waals surface area contributed by atoms with Crippen LogP contribution in [0.25, 0.3) is 0 Å². The Hall–Kier alpha value is -0.390. The fraction of sp³-hybridized carbons (Fsp3) is 0.769. The smallest absolute Gasteiger partial charge is 0.0766 e. The highest BCUT2D eigenvalue weighted by atomic mass is 79.9. The Balaban J connectivity index is 2.79. The first-order chi connectivity index (χ1) is 8.53. The third-order valence-corrected chi connectivity index (χ3v) is 4.04. The van der Waals surface area contributed by atoms with Gasteiger partial charge in [-0.2, -0.15) is 5.10 Å². The number of aliphatic hydroxyl groups excluding tert-OH is 1. The maximum atomic E-state index is 10.1. The van der Waals surface area contributed by atoms with Crippen LogP contribution in [0.4, 0.5) is 0 Å². The molecule has 2 atom stereocenters. The Bertz CT molecular complexity index is 379. The Morgan fingerprint density at radius 2 is 2.11 bits per heavy atom. The zero-order valence-corrected chi connectivity index (χ0v) is 13.2. The van der Waals surface area contributed by atoms with E-state index in [1.807, 2.05) is 11.6 Å². The van der Waals surface area contributed by atoms with E-state index < -0.39 is 6.10 Å². The maximum Gasteiger partial charge on any atom is 0.0766 e. The molecule has 0 aliphatic rings. The van der Waals surface area contributed by atoms with Gasteiger partial charge in [0.1, 0.15) is 0 Å². The molecule has 1 N–H and O–H groups in total. The van der Waals surface area contributed by atoms with E-state index in [1.54, 1.807) is 7.11 Å². The first kappa shape index (κ1) is 15.7. The van der Waals surface area contributed by atoms with E-state index in [2.05, 4.69) is 34.9 Å². The Labute approximate surface area is 117 Å². The lowest BCUT2D eigenvalue weighted by atomic mass is 10.1. The number of hydrogen-bond acceptors (Lipinski definition) is 3. The number of aryl methyl sites for hydroxylation is 2. The van der Waals surface area contributed by atoms with E-state index in [0.29, 0.717) is 12.8 Å². The number of aromatic nitrogens is 2. The van der Waals surface area contributed by atoms with E-state index in [-0.39, 0.29) is 6.10 Å². The van der Waals surface area contributed by atoms with Crippen molar-refractivity contribution in [1.29, 1.82) is 0 Å². The third kappa shape index (κ3) is 3.80. The van der Waals surface area contributed by atoms with Gasteiger partial charge in [-0.05, 0) is 42.6 Å². The van der Waals surface area contributed by atoms with Crippen LogP contribution in [-0.2, 0) is 24.1 Å². The minimum atomic E-state index is -0.400. The summed E-state index contributed by atoms with van der Waals surface area (Å²) in [5.41, 5.74) is 2.13. The standard InChI is InChI=1S/C13H23BrN2O2/c1-5-11-13(14)12(16(6-2)15-11)8-10(17)7-9(3)18-4/h9-10,17H,5-8H2,1-4H3. The first-order valence-corrected chi connectivity index (χ1v) is 7.27. The maximum absolute atomic E-state index is 10.1. The van der Waals surface area contributed by atoms with Crippen LogP contribution in [0.2, 0.25) is 0 Å². The van der Waals surface area contributed by atoms with Crippen molar-refractivity contribution in [3.63, 3.8) is 0 Å². The van der Waals surface area contributed by atoms with Crippen molar-refractivity contribution in [2.45, 2.75) is 58.8 Å². The second-order valence-electron chi connectivity index (χ2n) is 4.52. The third-order valence-electron chi connectivity index (χ3n) is 3.13. The Morgan fingerprint density at radius 1 is 1.44 bits per heavy atom. The number of hydrogen-bond donors (Lipinski definition) is 1. The molecule has 0 spiro atoms. The highest BCUT2D eigenvalue weighted by Gasteiger charge is 2.18. The average Bonchev–Trinajstić information content (AvgIpc) is 2.66. The Kier molecular flexibility index (Phi) is 6.32. The van der Waals surface area contributed by atoms with Crippen LogP contribution in [0.3, 0.4) is 0 Å². The van der Waals surface area contributed by atoms with Gasteiger partial charge in [-0.15, -0.1) is 0 Å². The quantitative estimate of drug-likeness (QED) is 0.840. The summed E-state index contributed by atoms with van der Waals surface area (Å²) >= 11 is 3.59. The fourth-order valence-corrected chi connectivity index (χ4v) is 2.72. The molecule has 0 saturated carbocycles. The summed E-state index contributed by atoms with van der Waals surface area (Å²) in [6, 6.07) is 0. The van der Waals surface area contributed by atoms with Crippen molar-refractivity contribution >= 4 is 15.9 Å². The zero-order chi connectivity index (χ0) is 13.7. The number of methoxy groups -OCH3 is 1. The molecule has 0 aliphatic carbocycles. The molecule has 104 valence electrons. The molecule has 0 amide bonds. The van der Waals surface area contributed by atoms with E-state index in [4.69, 9.17) is 4.74 Å². The van der Waals surface area contributed by atoms with Crippen LogP contribution in [0.15, 0.2) is 4.47 Å². The van der Waals surface area contributed by atoms with Crippen molar-refractivity contribution < 1.29 is 9.84 Å². The van der Waals surface area contributed by atoms with Gasteiger partial charge in [0.2, 0.25) is 0 Å². The van der Waals surface area contributed by atoms with Crippen molar-refractivity contribution in [1.82, 2.24) is 9.78 Å². The summed E-state index contributed by atoms with van der Waals surface area (Å²) in [7, 11) is 1.67. The van der Waals surface area contributed by atoms with E-state index in [0.717, 1.165) is 28.8 Å². The molecule has 5 heteroatoms. The minimum Gasteiger partial charge on any atom is -0.393 e. The average molecular weight is 319 g/mol. The minimum absolute atomic E-state index is 0.0717. The van der Waals surface area contributed by atoms with Crippen LogP contribution in [-0.4, -0.2) is 34.2 Å². The molecule has 0 fully saturated rings. The molecule has 2 unspecified atom stereocenters. The number of nitrogens with zero attached hydrogens (tertiary/aromatic N) is 2. The molecule has 1 rings (SSSR count). The van der Waals surface area contributed by atoms with Gasteiger partial charge >= 0.3 is 0 Å². The van der Waals surface area contributed by atoms with Gasteiger partial charge in [0.05, 0.1) is 28.1 Å². The lowest BCUT2D eigenvalue weighted by Gasteiger charge is -2.16. The van der Waals surface area contributed by atoms with Crippen LogP contribution in [0.1, 0.15) is 38.6 Å². The molecule has 1 aromatic rings. The normalized spacial score (nSPS) is 14.8. The van der Waals surface area contributed by atoms with Crippen LogP contribution in [0.5, 0.6) is 0 Å². The zero-order valence-electron chi connectivity index (χ0n) is 11.6. The lowest BCUT2D eigenvalue weighted by molar-refractivity contribution is 0.0557.